The van der Waals surface area contributed by atoms with Crippen molar-refractivity contribution >= 4 is 43.2 Å². The number of sulfonamides is 1. The molecule has 11 heteroatoms. The molecule has 0 amide bonds. The van der Waals surface area contributed by atoms with Crippen molar-refractivity contribution in [2.75, 3.05) is 18.2 Å². The summed E-state index contributed by atoms with van der Waals surface area (Å²) in [6, 6.07) is 16.1. The Bertz CT molecular complexity index is 1460. The molecule has 0 aliphatic carbocycles. The standard InChI is InChI=1S/C23H16BrNO7S.Na.H/c1-30-17-10-13(11-18-22(17)32-12-31-18)20-14-6-2-5-9-19(14)33(28,29)25(21(20)23(26)27)16-8-4-3-7-15(16)24;;/h2-11H,12H2,1H3,(H,26,27);;/q;+1;-1. The van der Waals surface area contributed by atoms with Gasteiger partial charge >= 0.3 is 35.5 Å². The number of hydrogen-bond acceptors (Lipinski definition) is 6. The number of carbonyl (C=O) groups is 1. The van der Waals surface area contributed by atoms with Crippen LogP contribution < -0.4 is 48.1 Å². The van der Waals surface area contributed by atoms with Gasteiger partial charge in [0.25, 0.3) is 10.0 Å². The molecule has 3 aromatic rings. The van der Waals surface area contributed by atoms with Crippen molar-refractivity contribution in [2.24, 2.45) is 0 Å². The summed E-state index contributed by atoms with van der Waals surface area (Å²) < 4.78 is 45.1. The Labute approximate surface area is 227 Å². The molecule has 2 aliphatic rings. The van der Waals surface area contributed by atoms with Gasteiger partial charge in [-0.25, -0.2) is 17.5 Å². The van der Waals surface area contributed by atoms with E-state index >= 15 is 0 Å². The Hall–Kier alpha value is -2.50. The number of carboxylic acids is 1. The van der Waals surface area contributed by atoms with Gasteiger partial charge in [0.1, 0.15) is 0 Å². The largest absolute Gasteiger partial charge is 1.00 e. The zero-order valence-electron chi connectivity index (χ0n) is 19.1. The van der Waals surface area contributed by atoms with Crippen LogP contribution in [-0.2, 0) is 14.8 Å². The maximum atomic E-state index is 13.7. The van der Waals surface area contributed by atoms with E-state index in [0.29, 0.717) is 27.3 Å². The molecule has 0 saturated heterocycles. The van der Waals surface area contributed by atoms with E-state index < -0.39 is 21.7 Å². The van der Waals surface area contributed by atoms with E-state index in [4.69, 9.17) is 14.2 Å². The van der Waals surface area contributed by atoms with Crippen LogP contribution in [0.1, 0.15) is 12.6 Å². The second-order valence-electron chi connectivity index (χ2n) is 7.16. The monoisotopic (exact) mass is 553 g/mol. The average Bonchev–Trinajstić information content (AvgIpc) is 3.27. The molecule has 0 radical (unpaired) electrons. The van der Waals surface area contributed by atoms with Crippen molar-refractivity contribution in [3.63, 3.8) is 0 Å². The summed E-state index contributed by atoms with van der Waals surface area (Å²) in [6.45, 7) is -0.00592. The van der Waals surface area contributed by atoms with Crippen LogP contribution >= 0.6 is 15.9 Å². The van der Waals surface area contributed by atoms with Gasteiger partial charge in [0.2, 0.25) is 12.5 Å². The fourth-order valence-electron chi connectivity index (χ4n) is 3.97. The predicted octanol–water partition coefficient (Wildman–Crippen LogP) is 1.36. The van der Waals surface area contributed by atoms with E-state index in [9.17, 15) is 18.3 Å². The quantitative estimate of drug-likeness (QED) is 0.486. The molecular weight excluding hydrogens is 537 g/mol. The minimum absolute atomic E-state index is 0. The molecule has 0 spiro atoms. The Kier molecular flexibility index (Phi) is 6.71. The first-order valence-corrected chi connectivity index (χ1v) is 11.9. The van der Waals surface area contributed by atoms with Crippen molar-refractivity contribution in [2.45, 2.75) is 4.90 Å². The maximum absolute atomic E-state index is 13.7. The van der Waals surface area contributed by atoms with E-state index in [0.717, 1.165) is 4.31 Å². The zero-order valence-corrected chi connectivity index (χ0v) is 22.5. The molecule has 0 atom stereocenters. The molecule has 5 rings (SSSR count). The number of fused-ring (bicyclic) bond motifs is 2. The van der Waals surface area contributed by atoms with Crippen LogP contribution in [0.5, 0.6) is 17.2 Å². The molecule has 0 bridgehead atoms. The van der Waals surface area contributed by atoms with E-state index in [-0.39, 0.29) is 59.5 Å². The minimum Gasteiger partial charge on any atom is -1.00 e. The van der Waals surface area contributed by atoms with Crippen LogP contribution in [0.3, 0.4) is 0 Å². The fourth-order valence-corrected chi connectivity index (χ4v) is 6.27. The SMILES string of the molecule is COc1cc(C2=C(C(=O)O)N(c3ccccc3Br)S(=O)(=O)c3ccccc32)cc2c1OCO2.[H-].[Na+]. The van der Waals surface area contributed by atoms with Crippen LogP contribution in [-0.4, -0.2) is 33.4 Å². The summed E-state index contributed by atoms with van der Waals surface area (Å²) >= 11 is 3.36. The second kappa shape index (κ2) is 9.27. The zero-order chi connectivity index (χ0) is 23.3. The molecule has 1 N–H and O–H groups in total. The molecule has 0 aromatic heterocycles. The molecule has 3 aromatic carbocycles. The normalized spacial score (nSPS) is 15.4. The van der Waals surface area contributed by atoms with E-state index in [1.807, 2.05) is 0 Å². The van der Waals surface area contributed by atoms with Crippen LogP contribution in [0.2, 0.25) is 0 Å². The summed E-state index contributed by atoms with van der Waals surface area (Å²) in [4.78, 5) is 12.6. The number of benzene rings is 3. The number of nitrogens with zero attached hydrogens (tertiary/aromatic N) is 1. The van der Waals surface area contributed by atoms with E-state index in [1.165, 1.54) is 19.2 Å². The number of rotatable bonds is 4. The number of carboxylic acid groups (broad SMARTS) is 1. The maximum Gasteiger partial charge on any atom is 1.00 e. The summed E-state index contributed by atoms with van der Waals surface area (Å²) in [7, 11) is -2.78. The third-order valence-electron chi connectivity index (χ3n) is 5.34. The van der Waals surface area contributed by atoms with Crippen LogP contribution in [0.4, 0.5) is 5.69 Å². The first kappa shape index (κ1) is 24.6. The number of halogens is 1. The molecule has 0 fully saturated rings. The molecule has 34 heavy (non-hydrogen) atoms. The number of methoxy groups -OCH3 is 1. The van der Waals surface area contributed by atoms with Gasteiger partial charge in [0.05, 0.1) is 17.7 Å². The Balaban J connectivity index is 0.00000171. The van der Waals surface area contributed by atoms with Crippen molar-refractivity contribution in [3.8, 4) is 17.2 Å². The van der Waals surface area contributed by atoms with Gasteiger partial charge < -0.3 is 20.7 Å². The van der Waals surface area contributed by atoms with Gasteiger partial charge in [0.15, 0.2) is 17.2 Å². The smallest absolute Gasteiger partial charge is 1.00 e. The van der Waals surface area contributed by atoms with Gasteiger partial charge in [-0.2, -0.15) is 0 Å². The molecule has 0 saturated carbocycles. The topological polar surface area (TPSA) is 102 Å². The van der Waals surface area contributed by atoms with Gasteiger partial charge in [-0.15, -0.1) is 0 Å². The summed E-state index contributed by atoms with van der Waals surface area (Å²) in [5.41, 5.74) is 0.642. The number of hydrogen-bond donors (Lipinski definition) is 1. The van der Waals surface area contributed by atoms with Gasteiger partial charge in [-0.3, -0.25) is 0 Å². The van der Waals surface area contributed by atoms with Crippen molar-refractivity contribution in [3.05, 3.63) is 82.0 Å². The van der Waals surface area contributed by atoms with Crippen molar-refractivity contribution < 1.29 is 63.5 Å². The number of ether oxygens (including phenoxy) is 3. The Morgan fingerprint density at radius 1 is 1.12 bits per heavy atom. The molecule has 170 valence electrons. The van der Waals surface area contributed by atoms with Crippen LogP contribution in [0.25, 0.3) is 5.57 Å². The number of para-hydroxylation sites is 1. The summed E-state index contributed by atoms with van der Waals surface area (Å²) in [6.07, 6.45) is 0. The third kappa shape index (κ3) is 3.79. The molecule has 2 heterocycles. The van der Waals surface area contributed by atoms with Crippen molar-refractivity contribution in [1.29, 1.82) is 0 Å². The minimum atomic E-state index is -4.24. The van der Waals surface area contributed by atoms with Crippen molar-refractivity contribution in [1.82, 2.24) is 0 Å². The molecule has 8 nitrogen and oxygen atoms in total. The van der Waals surface area contributed by atoms with Crippen LogP contribution in [0.15, 0.2) is 75.7 Å². The number of aliphatic carboxylic acids is 1. The van der Waals surface area contributed by atoms with Crippen LogP contribution in [0, 0.1) is 0 Å². The third-order valence-corrected chi connectivity index (χ3v) is 7.78. The second-order valence-corrected chi connectivity index (χ2v) is 9.77. The van der Waals surface area contributed by atoms with Gasteiger partial charge in [-0.05, 0) is 51.8 Å². The van der Waals surface area contributed by atoms with E-state index in [1.54, 1.807) is 48.5 Å². The molecule has 0 unspecified atom stereocenters. The predicted molar refractivity (Wildman–Crippen MR) is 124 cm³/mol. The Morgan fingerprint density at radius 3 is 2.53 bits per heavy atom. The first-order valence-electron chi connectivity index (χ1n) is 9.69. The number of anilines is 1. The molecular formula is C23H17BrNNaO7S. The summed E-state index contributed by atoms with van der Waals surface area (Å²) in [5, 5.41) is 10.3. The average molecular weight is 554 g/mol. The van der Waals surface area contributed by atoms with Gasteiger partial charge in [0, 0.05) is 15.6 Å². The summed E-state index contributed by atoms with van der Waals surface area (Å²) in [5.74, 6) is -0.288. The van der Waals surface area contributed by atoms with Gasteiger partial charge in [-0.1, -0.05) is 30.3 Å². The fraction of sp³-hybridized carbons (Fsp3) is 0.0870. The van der Waals surface area contributed by atoms with E-state index in [2.05, 4.69) is 15.9 Å². The first-order chi connectivity index (χ1) is 15.8. The Morgan fingerprint density at radius 2 is 1.82 bits per heavy atom. The molecule has 2 aliphatic heterocycles.